The fourth-order valence-electron chi connectivity index (χ4n) is 8.87. The van der Waals surface area contributed by atoms with Crippen LogP contribution in [0.4, 0.5) is 4.79 Å². The van der Waals surface area contributed by atoms with Gasteiger partial charge in [0.15, 0.2) is 17.9 Å². The molecule has 2 heterocycles. The second-order valence-corrected chi connectivity index (χ2v) is 18.3. The van der Waals surface area contributed by atoms with Crippen LogP contribution in [0.2, 0.25) is 0 Å². The van der Waals surface area contributed by atoms with Crippen LogP contribution in [-0.2, 0) is 165 Å². The van der Waals surface area contributed by atoms with Crippen LogP contribution in [0.5, 0.6) is 17.2 Å². The topological polar surface area (TPSA) is 504 Å². The minimum Gasteiger partial charge on any atom is -0.507 e. The molecule has 2 aromatic rings. The van der Waals surface area contributed by atoms with Crippen molar-refractivity contribution in [2.75, 3.05) is 40.6 Å². The molecule has 0 spiro atoms. The Hall–Kier alpha value is -6.53. The Morgan fingerprint density at radius 2 is 1.28 bits per heavy atom. The zero-order chi connectivity index (χ0) is 62.9. The van der Waals surface area contributed by atoms with Crippen molar-refractivity contribution in [3.8, 4) is 17.2 Å². The number of carbonyl (C=O) groups excluding carboxylic acids is 7. The monoisotopic (exact) mass is 1260 g/mol. The number of aliphatic hydroxyl groups is 3. The van der Waals surface area contributed by atoms with Crippen molar-refractivity contribution in [3.05, 3.63) is 63.7 Å². The van der Waals surface area contributed by atoms with Crippen LogP contribution in [0.15, 0.2) is 30.4 Å². The lowest BCUT2D eigenvalue weighted by Crippen LogP contribution is -2.56. The Morgan fingerprint density at radius 3 is 1.83 bits per heavy atom. The van der Waals surface area contributed by atoms with E-state index in [0.717, 1.165) is 24.2 Å². The molecule has 0 radical (unpaired) electrons. The Morgan fingerprint density at radius 1 is 0.724 bits per heavy atom. The molecule has 7 atom stereocenters. The third-order valence-electron chi connectivity index (χ3n) is 12.6. The van der Waals surface area contributed by atoms with Gasteiger partial charge in [0, 0.05) is 108 Å². The molecule has 1 unspecified atom stereocenters. The number of ether oxygens (including phenoxy) is 4. The van der Waals surface area contributed by atoms with E-state index in [2.05, 4.69) is 126 Å². The number of phenolic OH excluding ortho intramolecular Hbond substituents is 2. The molecular weight excluding hydrogens is 1210 g/mol. The van der Waals surface area contributed by atoms with Crippen molar-refractivity contribution in [2.45, 2.75) is 101 Å². The lowest BCUT2D eigenvalue weighted by atomic mass is 9.72. The normalized spacial score (nSPS) is 21.4. The lowest BCUT2D eigenvalue weighted by molar-refractivity contribution is -0.900. The van der Waals surface area contributed by atoms with Gasteiger partial charge in [0.2, 0.25) is 5.78 Å². The number of benzene rings is 2. The van der Waals surface area contributed by atoms with Gasteiger partial charge in [-0.2, -0.15) is 0 Å². The number of methoxy groups -OCH3 is 1. The van der Waals surface area contributed by atoms with E-state index < -0.39 is 139 Å². The Kier molecular flexibility index (Phi) is 27.9. The number of nitrogens with one attached hydrogen (secondary N) is 1. The summed E-state index contributed by atoms with van der Waals surface area (Å²) in [5, 5.41) is 144. The largest absolute Gasteiger partial charge is 0.507 e. The summed E-state index contributed by atoms with van der Waals surface area (Å²) >= 11 is 0. The molecule has 1 saturated heterocycles. The van der Waals surface area contributed by atoms with Crippen molar-refractivity contribution >= 4 is 41.0 Å². The average molecular weight is 1260 g/mol. The van der Waals surface area contributed by atoms with E-state index in [9.17, 15) is 59.1 Å². The van der Waals surface area contributed by atoms with E-state index >= 15 is 0 Å². The second-order valence-electron chi connectivity index (χ2n) is 18.3. The van der Waals surface area contributed by atoms with Crippen molar-refractivity contribution < 1.29 is 204 Å². The molecule has 6 rings (SSSR count). The van der Waals surface area contributed by atoms with Gasteiger partial charge >= 0.3 is 6.09 Å². The first-order valence-corrected chi connectivity index (χ1v) is 24.6. The van der Waals surface area contributed by atoms with Crippen LogP contribution in [0.1, 0.15) is 108 Å². The maximum Gasteiger partial charge on any atom is 0.407 e. The zero-order valence-electron chi connectivity index (χ0n) is 45.1. The number of Topliss-reactive ketones (excluding diaryl/α,β-unsaturated/α-hetero) is 2. The highest BCUT2D eigenvalue weighted by Crippen LogP contribution is 2.52. The zero-order valence-corrected chi connectivity index (χ0v) is 45.1. The molecule has 4 aliphatic rings. The predicted octanol–water partition coefficient (Wildman–Crippen LogP) is 0.225. The number of aliphatic hydroxyl groups excluding tert-OH is 2. The predicted molar refractivity (Wildman–Crippen MR) is 242 cm³/mol. The molecule has 87 heavy (non-hydrogen) atoms. The van der Waals surface area contributed by atoms with Crippen LogP contribution >= 0.6 is 0 Å². The molecule has 43 nitrogen and oxygen atoms in total. The molecule has 3 amide bonds. The number of hydrogen-bond acceptors (Lipinski definition) is 41. The summed E-state index contributed by atoms with van der Waals surface area (Å²) in [6.07, 6.45) is -5.68. The smallest absolute Gasteiger partial charge is 0.407 e. The summed E-state index contributed by atoms with van der Waals surface area (Å²) in [6.45, 7) is 0.575. The first kappa shape index (κ1) is 69.6. The number of unbranched alkanes of at least 4 members (excludes halogenated alkanes) is 2. The highest BCUT2D eigenvalue weighted by atomic mass is 18.0. The molecule has 0 saturated carbocycles. The number of carbonyl (C=O) groups is 7. The molecule has 0 bridgehead atoms. The average Bonchev–Trinajstić information content (AvgIpc) is 2.31. The number of aromatic hydroxyl groups is 2. The molecule has 2 aliphatic carbocycles. The van der Waals surface area contributed by atoms with Gasteiger partial charge in [-0.3, -0.25) is 33.7 Å². The summed E-state index contributed by atoms with van der Waals surface area (Å²) in [7, 11) is 2.31. The van der Waals surface area contributed by atoms with Crippen LogP contribution in [0.25, 0.3) is 0 Å². The minimum absolute atomic E-state index is 0.0163. The van der Waals surface area contributed by atoms with E-state index in [-0.39, 0.29) is 53.2 Å². The number of alkyl carbamates (subject to hydrolysis) is 1. The molecule has 2 aromatic carbocycles. The van der Waals surface area contributed by atoms with Gasteiger partial charge in [0.1, 0.15) is 48.0 Å². The van der Waals surface area contributed by atoms with Gasteiger partial charge in [-0.05, 0) is 106 Å². The molecular formula is C44H52N2O41. The second kappa shape index (κ2) is 34.9. The summed E-state index contributed by atoms with van der Waals surface area (Å²) in [5.41, 5.74) is -6.23. The molecule has 6 N–H and O–H groups in total. The van der Waals surface area contributed by atoms with E-state index in [4.69, 9.17) is 23.8 Å². The number of imide groups is 1. The minimum atomic E-state index is -2.48. The summed E-state index contributed by atoms with van der Waals surface area (Å²) in [6, 6.07) is 2.88. The Labute approximate surface area is 482 Å². The summed E-state index contributed by atoms with van der Waals surface area (Å²) in [4.78, 5) is 102. The fraction of sp³-hybridized carbons (Fsp3) is 0.523. The molecule has 0 aromatic heterocycles. The number of ketones is 4. The Balaban J connectivity index is 0.979. The third-order valence-corrected chi connectivity index (χ3v) is 12.6. The highest BCUT2D eigenvalue weighted by molar-refractivity contribution is 6.31. The summed E-state index contributed by atoms with van der Waals surface area (Å²) in [5.74, 6) is -5.94. The van der Waals surface area contributed by atoms with Crippen molar-refractivity contribution in [1.29, 1.82) is 0 Å². The maximum absolute atomic E-state index is 14.1. The molecule has 2 aliphatic heterocycles. The van der Waals surface area contributed by atoms with Crippen LogP contribution < -0.4 is 10.1 Å². The summed E-state index contributed by atoms with van der Waals surface area (Å²) < 4.78 is 22.9. The van der Waals surface area contributed by atoms with Crippen LogP contribution in [-0.4, -0.2) is 142 Å². The Bertz CT molecular complexity index is 2660. The first-order valence-electron chi connectivity index (χ1n) is 24.6. The number of fused-ring (bicyclic) bond motifs is 3. The number of amides is 3. The van der Waals surface area contributed by atoms with E-state index in [1.165, 1.54) is 39.2 Å². The van der Waals surface area contributed by atoms with Crippen molar-refractivity contribution in [2.24, 2.45) is 5.41 Å². The van der Waals surface area contributed by atoms with Crippen molar-refractivity contribution in [1.82, 2.24) is 10.2 Å². The first-order chi connectivity index (χ1) is 41.9. The van der Waals surface area contributed by atoms with Crippen molar-refractivity contribution in [3.63, 3.8) is 0 Å². The lowest BCUT2D eigenvalue weighted by Gasteiger charge is -2.42. The quantitative estimate of drug-likeness (QED) is 0.0145. The maximum atomic E-state index is 14.1. The SMILES string of the molecule is COOOOOOOOOOOOOOOOOOOOOOOOOCC(C)(COC(=O)N[C@@H]1C[C@@H](O[C@@H]2C[C@@](O)(C(=O)CO)Cc3c(O)c4c(c(O)c32)C(=O)c2c(OC)cccc2C4=O)O[C@H](C)[C@@H]1O)CC(=O)CCCCCN1C(=O)C=CC1=O. The van der Waals surface area contributed by atoms with Gasteiger partial charge in [-0.25, -0.2) is 14.6 Å². The van der Waals surface area contributed by atoms with Gasteiger partial charge in [-0.1, -0.05) is 25.5 Å². The molecule has 43 heteroatoms. The molecule has 484 valence electrons. The van der Waals surface area contributed by atoms with Gasteiger partial charge in [-0.15, -0.1) is 0 Å². The van der Waals surface area contributed by atoms with Crippen LogP contribution in [0.3, 0.4) is 0 Å². The number of nitrogens with zero attached hydrogens (tertiary/aromatic N) is 1. The van der Waals surface area contributed by atoms with Crippen LogP contribution in [0, 0.1) is 5.41 Å². The number of rotatable bonds is 42. The fourth-order valence-corrected chi connectivity index (χ4v) is 8.87. The third kappa shape index (κ3) is 19.7. The standard InChI is InChI=1S/C44H52N2O41/c1-22-37(52)26(15-32(63-22)64-28-18-44(58,29(49)19-47)17-25-34(28)41(56)36-35(39(25)54)38(53)24-10-8-11-27(59-3)33(24)40(36)55)45-42(57)61-20-43(2,16-23(48)9-6-5-7-14-46-30(50)12-13-31(46)51)21-62-66-68-70-72-74-76-78-80-82-84-86-87-85-83-81-79-77-75-73-71-69-67-65-60-4/h8,10-13,22,26,28,32,37,47,52,54,56,58H,5-7,9,14-21H2,1-4H3,(H,45,57)/t22-,26-,28-,32-,37+,43?,44-/m1/s1. The van der Waals surface area contributed by atoms with Gasteiger partial charge in [0.05, 0.1) is 55.8 Å². The van der Waals surface area contributed by atoms with E-state index in [0.29, 0.717) is 19.3 Å². The van der Waals surface area contributed by atoms with E-state index in [1.807, 2.05) is 0 Å². The highest BCUT2D eigenvalue weighted by Gasteiger charge is 2.50. The van der Waals surface area contributed by atoms with E-state index in [1.54, 1.807) is 0 Å². The number of hydrogen-bond donors (Lipinski definition) is 6. The molecule has 1 fully saturated rings. The van der Waals surface area contributed by atoms with Gasteiger partial charge in [0.25, 0.3) is 11.8 Å². The number of phenols is 2. The van der Waals surface area contributed by atoms with Gasteiger partial charge < -0.3 is 49.8 Å².